The molecule has 0 aromatic carbocycles. The van der Waals surface area contributed by atoms with Gasteiger partial charge in [-0.2, -0.15) is 0 Å². The first-order valence-electron chi connectivity index (χ1n) is 5.97. The number of aryl methyl sites for hydroxylation is 1. The first kappa shape index (κ1) is 10.5. The minimum atomic E-state index is 0.522. The summed E-state index contributed by atoms with van der Waals surface area (Å²) in [6, 6.07) is 0.522. The highest BCUT2D eigenvalue weighted by atomic mass is 15.2. The van der Waals surface area contributed by atoms with Gasteiger partial charge in [0.2, 0.25) is 0 Å². The van der Waals surface area contributed by atoms with E-state index < -0.39 is 0 Å². The first-order chi connectivity index (χ1) is 8.25. The third-order valence-corrected chi connectivity index (χ3v) is 3.47. The predicted octanol–water partition coefficient (Wildman–Crippen LogP) is 1.46. The minimum absolute atomic E-state index is 0.522. The molecular weight excluding hydrogens is 214 g/mol. The van der Waals surface area contributed by atoms with E-state index in [9.17, 15) is 0 Å². The van der Waals surface area contributed by atoms with Crippen LogP contribution in [0.5, 0.6) is 0 Å². The van der Waals surface area contributed by atoms with Crippen molar-refractivity contribution in [3.63, 3.8) is 0 Å². The average molecular weight is 231 g/mol. The Kier molecular flexibility index (Phi) is 2.48. The van der Waals surface area contributed by atoms with E-state index in [1.807, 2.05) is 13.1 Å². The second-order valence-electron chi connectivity index (χ2n) is 4.74. The molecule has 2 aromatic rings. The molecule has 90 valence electrons. The van der Waals surface area contributed by atoms with E-state index in [0.717, 1.165) is 30.3 Å². The Morgan fingerprint density at radius 1 is 1.41 bits per heavy atom. The highest BCUT2D eigenvalue weighted by molar-refractivity contribution is 5.53. The van der Waals surface area contributed by atoms with Gasteiger partial charge in [-0.05, 0) is 26.9 Å². The van der Waals surface area contributed by atoms with Crippen LogP contribution < -0.4 is 0 Å². The summed E-state index contributed by atoms with van der Waals surface area (Å²) in [6.07, 6.45) is 6.84. The Morgan fingerprint density at radius 2 is 2.29 bits per heavy atom. The van der Waals surface area contributed by atoms with Gasteiger partial charge in [0.25, 0.3) is 0 Å². The maximum Gasteiger partial charge on any atom is 0.160 e. The van der Waals surface area contributed by atoms with Gasteiger partial charge in [-0.15, -0.1) is 0 Å². The number of imidazole rings is 2. The van der Waals surface area contributed by atoms with E-state index in [0.29, 0.717) is 6.04 Å². The highest BCUT2D eigenvalue weighted by Crippen LogP contribution is 2.26. The highest BCUT2D eigenvalue weighted by Gasteiger charge is 2.24. The van der Waals surface area contributed by atoms with Crippen LogP contribution in [0.25, 0.3) is 11.5 Å². The summed E-state index contributed by atoms with van der Waals surface area (Å²) >= 11 is 0. The molecule has 5 heteroatoms. The van der Waals surface area contributed by atoms with Crippen molar-refractivity contribution in [3.8, 4) is 11.5 Å². The van der Waals surface area contributed by atoms with Crippen LogP contribution in [0.15, 0.2) is 18.7 Å². The van der Waals surface area contributed by atoms with Crippen LogP contribution in [-0.2, 0) is 0 Å². The quantitative estimate of drug-likeness (QED) is 0.851. The lowest BCUT2D eigenvalue weighted by molar-refractivity contribution is 0.393. The number of aromatic nitrogens is 4. The lowest BCUT2D eigenvalue weighted by Crippen LogP contribution is -2.16. The maximum atomic E-state index is 4.45. The molecule has 3 rings (SSSR count). The Bertz CT molecular complexity index is 512. The second kappa shape index (κ2) is 4.00. The molecule has 0 saturated carbocycles. The van der Waals surface area contributed by atoms with Crippen molar-refractivity contribution in [1.82, 2.24) is 24.4 Å². The molecule has 17 heavy (non-hydrogen) atoms. The van der Waals surface area contributed by atoms with Gasteiger partial charge in [0.1, 0.15) is 5.69 Å². The monoisotopic (exact) mass is 231 g/mol. The number of H-pyrrole nitrogens is 1. The van der Waals surface area contributed by atoms with Gasteiger partial charge in [0.05, 0.1) is 6.33 Å². The summed E-state index contributed by atoms with van der Waals surface area (Å²) < 4.78 is 2.26. The van der Waals surface area contributed by atoms with Gasteiger partial charge in [-0.25, -0.2) is 9.97 Å². The molecule has 1 aliphatic heterocycles. The van der Waals surface area contributed by atoms with E-state index >= 15 is 0 Å². The van der Waals surface area contributed by atoms with Gasteiger partial charge >= 0.3 is 0 Å². The molecule has 1 fully saturated rings. The summed E-state index contributed by atoms with van der Waals surface area (Å²) in [4.78, 5) is 14.3. The molecule has 1 unspecified atom stereocenters. The van der Waals surface area contributed by atoms with Crippen molar-refractivity contribution in [2.24, 2.45) is 0 Å². The van der Waals surface area contributed by atoms with Crippen LogP contribution in [0, 0.1) is 6.92 Å². The fraction of sp³-hybridized carbons (Fsp3) is 0.500. The molecule has 5 nitrogen and oxygen atoms in total. The molecule has 1 saturated heterocycles. The Hall–Kier alpha value is -1.62. The molecule has 3 heterocycles. The zero-order valence-electron chi connectivity index (χ0n) is 10.2. The number of likely N-dealkylation sites (N-methyl/N-ethyl adjacent to an activating group) is 1. The SMILES string of the molecule is Cc1[nH]cnc1-c1nccn1C1CCN(C)C1. The second-order valence-corrected chi connectivity index (χ2v) is 4.74. The molecule has 0 aliphatic carbocycles. The number of hydrogen-bond acceptors (Lipinski definition) is 3. The van der Waals surface area contributed by atoms with Crippen LogP contribution in [-0.4, -0.2) is 44.6 Å². The number of rotatable bonds is 2. The predicted molar refractivity (Wildman–Crippen MR) is 65.7 cm³/mol. The van der Waals surface area contributed by atoms with Gasteiger partial charge < -0.3 is 14.5 Å². The summed E-state index contributed by atoms with van der Waals surface area (Å²) in [5.74, 6) is 0.976. The van der Waals surface area contributed by atoms with Crippen LogP contribution in [0.2, 0.25) is 0 Å². The van der Waals surface area contributed by atoms with Gasteiger partial charge in [-0.1, -0.05) is 0 Å². The molecular formula is C12H17N5. The molecule has 1 N–H and O–H groups in total. The molecule has 0 bridgehead atoms. The molecule has 1 aliphatic rings. The molecule has 0 amide bonds. The van der Waals surface area contributed by atoms with E-state index in [2.05, 4.69) is 37.7 Å². The average Bonchev–Trinajstić information content (AvgIpc) is 2.97. The molecule has 2 aromatic heterocycles. The van der Waals surface area contributed by atoms with Gasteiger partial charge in [0.15, 0.2) is 5.82 Å². The van der Waals surface area contributed by atoms with Crippen LogP contribution >= 0.6 is 0 Å². The van der Waals surface area contributed by atoms with Gasteiger partial charge in [0, 0.05) is 30.7 Å². The normalized spacial score (nSPS) is 21.2. The number of nitrogens with zero attached hydrogens (tertiary/aromatic N) is 4. The molecule has 0 spiro atoms. The summed E-state index contributed by atoms with van der Waals surface area (Å²) in [5, 5.41) is 0. The maximum absolute atomic E-state index is 4.45. The van der Waals surface area contributed by atoms with Crippen molar-refractivity contribution < 1.29 is 0 Å². The van der Waals surface area contributed by atoms with E-state index in [4.69, 9.17) is 0 Å². The lowest BCUT2D eigenvalue weighted by Gasteiger charge is -2.14. The zero-order chi connectivity index (χ0) is 11.8. The van der Waals surface area contributed by atoms with Crippen LogP contribution in [0.1, 0.15) is 18.2 Å². The summed E-state index contributed by atoms with van der Waals surface area (Å²) in [5.41, 5.74) is 2.04. The summed E-state index contributed by atoms with van der Waals surface area (Å²) in [7, 11) is 2.16. The largest absolute Gasteiger partial charge is 0.348 e. The third kappa shape index (κ3) is 1.76. The lowest BCUT2D eigenvalue weighted by atomic mass is 10.2. The minimum Gasteiger partial charge on any atom is -0.348 e. The fourth-order valence-corrected chi connectivity index (χ4v) is 2.51. The van der Waals surface area contributed by atoms with Crippen LogP contribution in [0.3, 0.4) is 0 Å². The molecule has 0 radical (unpaired) electrons. The topological polar surface area (TPSA) is 49.7 Å². The number of aromatic amines is 1. The number of nitrogens with one attached hydrogen (secondary N) is 1. The third-order valence-electron chi connectivity index (χ3n) is 3.47. The van der Waals surface area contributed by atoms with Crippen molar-refractivity contribution in [2.75, 3.05) is 20.1 Å². The van der Waals surface area contributed by atoms with Crippen molar-refractivity contribution in [3.05, 3.63) is 24.4 Å². The first-order valence-corrected chi connectivity index (χ1v) is 5.97. The number of likely N-dealkylation sites (tertiary alicyclic amines) is 1. The van der Waals surface area contributed by atoms with E-state index in [-0.39, 0.29) is 0 Å². The van der Waals surface area contributed by atoms with Crippen LogP contribution in [0.4, 0.5) is 0 Å². The Morgan fingerprint density at radius 3 is 2.94 bits per heavy atom. The van der Waals surface area contributed by atoms with Gasteiger partial charge in [-0.3, -0.25) is 0 Å². The number of hydrogen-bond donors (Lipinski definition) is 1. The Labute approximate surface area is 100 Å². The standard InChI is InChI=1S/C12H17N5/c1-9-11(15-8-14-9)12-13-4-6-17(12)10-3-5-16(2)7-10/h4,6,8,10H,3,5,7H2,1-2H3,(H,14,15). The van der Waals surface area contributed by atoms with E-state index in [1.54, 1.807) is 6.33 Å². The Balaban J connectivity index is 1.97. The van der Waals surface area contributed by atoms with Crippen molar-refractivity contribution >= 4 is 0 Å². The zero-order valence-corrected chi connectivity index (χ0v) is 10.2. The summed E-state index contributed by atoms with van der Waals surface area (Å²) in [6.45, 7) is 4.27. The smallest absolute Gasteiger partial charge is 0.160 e. The van der Waals surface area contributed by atoms with E-state index in [1.165, 1.54) is 6.42 Å². The fourth-order valence-electron chi connectivity index (χ4n) is 2.51. The van der Waals surface area contributed by atoms with Crippen molar-refractivity contribution in [1.29, 1.82) is 0 Å². The molecule has 1 atom stereocenters. The van der Waals surface area contributed by atoms with Crippen molar-refractivity contribution in [2.45, 2.75) is 19.4 Å².